The molecule has 0 aliphatic rings. The molecule has 0 fully saturated rings. The summed E-state index contributed by atoms with van der Waals surface area (Å²) in [6.45, 7) is 0.306. The lowest BCUT2D eigenvalue weighted by molar-refractivity contribution is 0.270. The average molecular weight is 300 g/mol. The van der Waals surface area contributed by atoms with Crippen molar-refractivity contribution < 1.29 is 9.50 Å². The number of aromatic nitrogens is 2. The van der Waals surface area contributed by atoms with Crippen LogP contribution in [0, 0.1) is 5.82 Å². The first-order valence-electron chi connectivity index (χ1n) is 5.01. The molecule has 0 atom stereocenters. The molecule has 0 spiro atoms. The van der Waals surface area contributed by atoms with Gasteiger partial charge in [0.15, 0.2) is 0 Å². The second-order valence-corrected chi connectivity index (χ2v) is 4.38. The largest absolute Gasteiger partial charge is 0.394 e. The normalized spacial score (nSPS) is 10.8. The van der Waals surface area contributed by atoms with Gasteiger partial charge in [0.2, 0.25) is 0 Å². The van der Waals surface area contributed by atoms with Gasteiger partial charge in [-0.15, -0.1) is 0 Å². The van der Waals surface area contributed by atoms with E-state index in [4.69, 9.17) is 10.8 Å². The highest BCUT2D eigenvalue weighted by Crippen LogP contribution is 2.28. The highest BCUT2D eigenvalue weighted by molar-refractivity contribution is 9.10. The minimum atomic E-state index is -0.316. The number of hydrogen-bond donors (Lipinski definition) is 2. The standard InChI is InChI=1S/C11H11BrFN3O/c12-9-5-7(13)1-2-8(9)10-6-11(14)16(15-10)3-4-17/h1-2,5-6,17H,3-4,14H2. The summed E-state index contributed by atoms with van der Waals surface area (Å²) in [5, 5.41) is 13.1. The molecule has 3 N–H and O–H groups in total. The lowest BCUT2D eigenvalue weighted by atomic mass is 10.1. The van der Waals surface area contributed by atoms with Gasteiger partial charge in [-0.2, -0.15) is 5.10 Å². The lowest BCUT2D eigenvalue weighted by Crippen LogP contribution is -2.07. The Hall–Kier alpha value is -1.40. The molecule has 0 radical (unpaired) electrons. The minimum Gasteiger partial charge on any atom is -0.394 e. The molecule has 0 unspecified atom stereocenters. The summed E-state index contributed by atoms with van der Waals surface area (Å²) in [5.41, 5.74) is 7.15. The van der Waals surface area contributed by atoms with Gasteiger partial charge in [-0.1, -0.05) is 0 Å². The molecule has 2 rings (SSSR count). The molecular formula is C11H11BrFN3O. The number of anilines is 1. The number of nitrogens with zero attached hydrogens (tertiary/aromatic N) is 2. The fraction of sp³-hybridized carbons (Fsp3) is 0.182. The van der Waals surface area contributed by atoms with Crippen LogP contribution < -0.4 is 5.73 Å². The van der Waals surface area contributed by atoms with E-state index in [9.17, 15) is 4.39 Å². The van der Waals surface area contributed by atoms with Crippen LogP contribution in [-0.2, 0) is 6.54 Å². The van der Waals surface area contributed by atoms with Gasteiger partial charge in [0.1, 0.15) is 11.6 Å². The Balaban J connectivity index is 2.42. The maximum atomic E-state index is 13.0. The molecule has 2 aromatic rings. The van der Waals surface area contributed by atoms with E-state index in [1.165, 1.54) is 16.8 Å². The van der Waals surface area contributed by atoms with Crippen molar-refractivity contribution in [3.8, 4) is 11.3 Å². The van der Waals surface area contributed by atoms with E-state index in [1.807, 2.05) is 0 Å². The molecule has 17 heavy (non-hydrogen) atoms. The highest BCUT2D eigenvalue weighted by Gasteiger charge is 2.10. The molecule has 6 heteroatoms. The van der Waals surface area contributed by atoms with E-state index in [0.29, 0.717) is 22.5 Å². The van der Waals surface area contributed by atoms with Crippen LogP contribution in [0.25, 0.3) is 11.3 Å². The summed E-state index contributed by atoms with van der Waals surface area (Å²) in [6.07, 6.45) is 0. The van der Waals surface area contributed by atoms with Crippen molar-refractivity contribution in [1.82, 2.24) is 9.78 Å². The van der Waals surface area contributed by atoms with Gasteiger partial charge < -0.3 is 10.8 Å². The van der Waals surface area contributed by atoms with Crippen LogP contribution in [-0.4, -0.2) is 21.5 Å². The van der Waals surface area contributed by atoms with E-state index in [2.05, 4.69) is 21.0 Å². The zero-order chi connectivity index (χ0) is 12.4. The molecule has 0 saturated heterocycles. The monoisotopic (exact) mass is 299 g/mol. The molecule has 0 aliphatic carbocycles. The zero-order valence-corrected chi connectivity index (χ0v) is 10.5. The molecular weight excluding hydrogens is 289 g/mol. The van der Waals surface area contributed by atoms with Crippen LogP contribution in [0.3, 0.4) is 0 Å². The van der Waals surface area contributed by atoms with Crippen molar-refractivity contribution in [2.24, 2.45) is 0 Å². The van der Waals surface area contributed by atoms with Crippen molar-refractivity contribution in [3.05, 3.63) is 34.6 Å². The Morgan fingerprint density at radius 1 is 1.41 bits per heavy atom. The molecule has 0 saturated carbocycles. The average Bonchev–Trinajstić information content (AvgIpc) is 2.60. The maximum Gasteiger partial charge on any atom is 0.124 e. The van der Waals surface area contributed by atoms with Gasteiger partial charge in [0.05, 0.1) is 18.8 Å². The van der Waals surface area contributed by atoms with Crippen molar-refractivity contribution in [3.63, 3.8) is 0 Å². The SMILES string of the molecule is Nc1cc(-c2ccc(F)cc2Br)nn1CCO. The molecule has 4 nitrogen and oxygen atoms in total. The van der Waals surface area contributed by atoms with E-state index < -0.39 is 0 Å². The quantitative estimate of drug-likeness (QED) is 0.911. The van der Waals surface area contributed by atoms with Crippen molar-refractivity contribution in [1.29, 1.82) is 0 Å². The van der Waals surface area contributed by atoms with Crippen LogP contribution in [0.15, 0.2) is 28.7 Å². The summed E-state index contributed by atoms with van der Waals surface area (Å²) in [4.78, 5) is 0. The predicted octanol–water partition coefficient (Wildman–Crippen LogP) is 2.03. The second kappa shape index (κ2) is 4.85. The number of hydrogen-bond acceptors (Lipinski definition) is 3. The van der Waals surface area contributed by atoms with E-state index in [0.717, 1.165) is 5.56 Å². The molecule has 1 aromatic heterocycles. The van der Waals surface area contributed by atoms with E-state index in [1.54, 1.807) is 12.1 Å². The van der Waals surface area contributed by atoms with Gasteiger partial charge >= 0.3 is 0 Å². The topological polar surface area (TPSA) is 64.1 Å². The first-order chi connectivity index (χ1) is 8.11. The summed E-state index contributed by atoms with van der Waals surface area (Å²) < 4.78 is 15.1. The van der Waals surface area contributed by atoms with Crippen LogP contribution >= 0.6 is 15.9 Å². The maximum absolute atomic E-state index is 13.0. The van der Waals surface area contributed by atoms with Crippen LogP contribution in [0.1, 0.15) is 0 Å². The molecule has 0 aliphatic heterocycles. The van der Waals surface area contributed by atoms with Gasteiger partial charge in [0.25, 0.3) is 0 Å². The van der Waals surface area contributed by atoms with E-state index in [-0.39, 0.29) is 12.4 Å². The number of aliphatic hydroxyl groups excluding tert-OH is 1. The Bertz CT molecular complexity index is 542. The molecule has 90 valence electrons. The molecule has 1 heterocycles. The van der Waals surface area contributed by atoms with Gasteiger partial charge in [0, 0.05) is 16.1 Å². The smallest absolute Gasteiger partial charge is 0.124 e. The van der Waals surface area contributed by atoms with Crippen molar-refractivity contribution >= 4 is 21.7 Å². The summed E-state index contributed by atoms with van der Waals surface area (Å²) in [5.74, 6) is 0.147. The molecule has 1 aromatic carbocycles. The Labute approximate surface area is 106 Å². The van der Waals surface area contributed by atoms with Gasteiger partial charge in [-0.3, -0.25) is 0 Å². The lowest BCUT2D eigenvalue weighted by Gasteiger charge is -2.01. The number of nitrogens with two attached hydrogens (primary N) is 1. The van der Waals surface area contributed by atoms with E-state index >= 15 is 0 Å². The number of aliphatic hydroxyl groups is 1. The molecule has 0 amide bonds. The highest BCUT2D eigenvalue weighted by atomic mass is 79.9. The molecule has 0 bridgehead atoms. The predicted molar refractivity (Wildman–Crippen MR) is 66.8 cm³/mol. The Morgan fingerprint density at radius 3 is 2.82 bits per heavy atom. The number of nitrogen functional groups attached to an aromatic ring is 1. The third-order valence-electron chi connectivity index (χ3n) is 2.33. The van der Waals surface area contributed by atoms with Crippen molar-refractivity contribution in [2.45, 2.75) is 6.54 Å². The summed E-state index contributed by atoms with van der Waals surface area (Å²) >= 11 is 3.28. The van der Waals surface area contributed by atoms with Crippen molar-refractivity contribution in [2.75, 3.05) is 12.3 Å². The zero-order valence-electron chi connectivity index (χ0n) is 8.90. The fourth-order valence-corrected chi connectivity index (χ4v) is 2.09. The number of rotatable bonds is 3. The third kappa shape index (κ3) is 2.48. The van der Waals surface area contributed by atoms with Gasteiger partial charge in [-0.05, 0) is 34.1 Å². The number of benzene rings is 1. The number of halogens is 2. The summed E-state index contributed by atoms with van der Waals surface area (Å²) in [6, 6.07) is 6.05. The van der Waals surface area contributed by atoms with Crippen LogP contribution in [0.2, 0.25) is 0 Å². The Kier molecular flexibility index (Phi) is 3.44. The first-order valence-corrected chi connectivity index (χ1v) is 5.80. The van der Waals surface area contributed by atoms with Crippen LogP contribution in [0.5, 0.6) is 0 Å². The van der Waals surface area contributed by atoms with Gasteiger partial charge in [-0.25, -0.2) is 9.07 Å². The summed E-state index contributed by atoms with van der Waals surface area (Å²) in [7, 11) is 0. The minimum absolute atomic E-state index is 0.0318. The Morgan fingerprint density at radius 2 is 2.18 bits per heavy atom. The third-order valence-corrected chi connectivity index (χ3v) is 2.99. The second-order valence-electron chi connectivity index (χ2n) is 3.53. The fourth-order valence-electron chi connectivity index (χ4n) is 1.53. The first kappa shape index (κ1) is 12.1. The van der Waals surface area contributed by atoms with Crippen LogP contribution in [0.4, 0.5) is 10.2 Å².